The van der Waals surface area contributed by atoms with Gasteiger partial charge in [0.1, 0.15) is 12.4 Å². The second kappa shape index (κ2) is 8.43. The summed E-state index contributed by atoms with van der Waals surface area (Å²) < 4.78 is 2.65. The quantitative estimate of drug-likeness (QED) is 0.756. The van der Waals surface area contributed by atoms with Crippen molar-refractivity contribution in [3.63, 3.8) is 0 Å². The molecule has 1 aliphatic heterocycles. The molecule has 8 nitrogen and oxygen atoms in total. The van der Waals surface area contributed by atoms with Crippen LogP contribution in [0.1, 0.15) is 37.4 Å². The van der Waals surface area contributed by atoms with Crippen LogP contribution in [0.3, 0.4) is 0 Å². The van der Waals surface area contributed by atoms with Crippen molar-refractivity contribution >= 4 is 40.7 Å². The number of anilines is 1. The second-order valence-corrected chi connectivity index (χ2v) is 8.67. The normalized spacial score (nSPS) is 17.2. The first-order valence-corrected chi connectivity index (χ1v) is 10.8. The Morgan fingerprint density at radius 3 is 2.53 bits per heavy atom. The largest absolute Gasteiger partial charge is 0.346 e. The standard InChI is InChI=1S/C20H23Cl2N5O3/c1-25-18(12-7-9-26(10-8-12)19(29)13-5-6-13)24-27(20(25)30)11-16(28)23-15-4-2-3-14(21)17(15)22/h2-4,12-13H,5-11H2,1H3,(H,23,28). The van der Waals surface area contributed by atoms with E-state index in [1.165, 1.54) is 4.57 Å². The molecule has 1 saturated carbocycles. The number of aromatic nitrogens is 3. The topological polar surface area (TPSA) is 89.2 Å². The fourth-order valence-corrected chi connectivity index (χ4v) is 4.18. The average molecular weight is 452 g/mol. The number of hydrogen-bond donors (Lipinski definition) is 1. The number of piperidine rings is 1. The lowest BCUT2D eigenvalue weighted by Crippen LogP contribution is -2.39. The SMILES string of the molecule is Cn1c(C2CCN(C(=O)C3CC3)CC2)nn(CC(=O)Nc2cccc(Cl)c2Cl)c1=O. The molecule has 1 aliphatic carbocycles. The average Bonchev–Trinajstić information content (AvgIpc) is 3.54. The molecule has 30 heavy (non-hydrogen) atoms. The van der Waals surface area contributed by atoms with Crippen molar-refractivity contribution in [2.45, 2.75) is 38.1 Å². The van der Waals surface area contributed by atoms with Crippen molar-refractivity contribution in [3.05, 3.63) is 44.6 Å². The molecule has 2 heterocycles. The van der Waals surface area contributed by atoms with Gasteiger partial charge in [0.15, 0.2) is 0 Å². The lowest BCUT2D eigenvalue weighted by Gasteiger charge is -2.31. The summed E-state index contributed by atoms with van der Waals surface area (Å²) in [6.45, 7) is 1.12. The van der Waals surface area contributed by atoms with Gasteiger partial charge in [-0.1, -0.05) is 29.3 Å². The molecule has 2 amide bonds. The van der Waals surface area contributed by atoms with E-state index in [1.807, 2.05) is 4.90 Å². The Kier molecular flexibility index (Phi) is 5.88. The van der Waals surface area contributed by atoms with Crippen molar-refractivity contribution in [1.29, 1.82) is 0 Å². The molecule has 0 atom stereocenters. The number of hydrogen-bond acceptors (Lipinski definition) is 4. The molecule has 2 fully saturated rings. The van der Waals surface area contributed by atoms with Crippen LogP contribution in [0.5, 0.6) is 0 Å². The third kappa shape index (κ3) is 4.25. The third-order valence-electron chi connectivity index (χ3n) is 5.69. The zero-order valence-electron chi connectivity index (χ0n) is 16.6. The van der Waals surface area contributed by atoms with Crippen molar-refractivity contribution < 1.29 is 9.59 Å². The Morgan fingerprint density at radius 2 is 1.87 bits per heavy atom. The van der Waals surface area contributed by atoms with Gasteiger partial charge in [0.25, 0.3) is 0 Å². The van der Waals surface area contributed by atoms with Gasteiger partial charge in [0.2, 0.25) is 11.8 Å². The van der Waals surface area contributed by atoms with Crippen LogP contribution in [-0.2, 0) is 23.2 Å². The maximum atomic E-state index is 12.6. The zero-order chi connectivity index (χ0) is 21.4. The van der Waals surface area contributed by atoms with Gasteiger partial charge < -0.3 is 10.2 Å². The monoisotopic (exact) mass is 451 g/mol. The molecule has 1 saturated heterocycles. The highest BCUT2D eigenvalue weighted by Crippen LogP contribution is 2.34. The van der Waals surface area contributed by atoms with E-state index >= 15 is 0 Å². The number of benzene rings is 1. The fourth-order valence-electron chi connectivity index (χ4n) is 3.84. The number of likely N-dealkylation sites (tertiary alicyclic amines) is 1. The van der Waals surface area contributed by atoms with Crippen molar-refractivity contribution in [2.75, 3.05) is 18.4 Å². The Balaban J connectivity index is 1.42. The molecule has 1 N–H and O–H groups in total. The van der Waals surface area contributed by atoms with Gasteiger partial charge in [0, 0.05) is 32.0 Å². The molecule has 0 unspecified atom stereocenters. The van der Waals surface area contributed by atoms with Crippen LogP contribution in [-0.4, -0.2) is 44.2 Å². The molecule has 0 radical (unpaired) electrons. The van der Waals surface area contributed by atoms with Crippen LogP contribution in [0.4, 0.5) is 5.69 Å². The molecule has 10 heteroatoms. The summed E-state index contributed by atoms with van der Waals surface area (Å²) in [7, 11) is 1.66. The molecular weight excluding hydrogens is 429 g/mol. The van der Waals surface area contributed by atoms with Crippen LogP contribution in [0.25, 0.3) is 0 Å². The minimum Gasteiger partial charge on any atom is -0.342 e. The van der Waals surface area contributed by atoms with E-state index < -0.39 is 5.91 Å². The highest BCUT2D eigenvalue weighted by molar-refractivity contribution is 6.43. The number of nitrogens with zero attached hydrogens (tertiary/aromatic N) is 4. The predicted molar refractivity (Wildman–Crippen MR) is 114 cm³/mol. The summed E-state index contributed by atoms with van der Waals surface area (Å²) >= 11 is 12.1. The van der Waals surface area contributed by atoms with E-state index in [2.05, 4.69) is 10.4 Å². The highest BCUT2D eigenvalue weighted by atomic mass is 35.5. The van der Waals surface area contributed by atoms with E-state index in [-0.39, 0.29) is 35.0 Å². The molecular formula is C20H23Cl2N5O3. The summed E-state index contributed by atoms with van der Waals surface area (Å²) in [6, 6.07) is 4.93. The van der Waals surface area contributed by atoms with E-state index in [4.69, 9.17) is 23.2 Å². The van der Waals surface area contributed by atoms with Crippen molar-refractivity contribution in [3.8, 4) is 0 Å². The summed E-state index contributed by atoms with van der Waals surface area (Å²) in [6.07, 6.45) is 3.51. The lowest BCUT2D eigenvalue weighted by atomic mass is 9.95. The molecule has 160 valence electrons. The smallest absolute Gasteiger partial charge is 0.342 e. The van der Waals surface area contributed by atoms with E-state index in [0.29, 0.717) is 29.6 Å². The number of halogens is 2. The Labute approximate surface area is 183 Å². The molecule has 2 aromatic rings. The summed E-state index contributed by atoms with van der Waals surface area (Å²) in [4.78, 5) is 39.2. The molecule has 2 aliphatic rings. The van der Waals surface area contributed by atoms with Gasteiger partial charge >= 0.3 is 5.69 Å². The van der Waals surface area contributed by atoms with Crippen LogP contribution in [0.2, 0.25) is 10.0 Å². The number of carbonyl (C=O) groups is 2. The Morgan fingerprint density at radius 1 is 1.17 bits per heavy atom. The minimum absolute atomic E-state index is 0.0811. The van der Waals surface area contributed by atoms with Gasteiger partial charge in [-0.3, -0.25) is 14.2 Å². The highest BCUT2D eigenvalue weighted by Gasteiger charge is 2.36. The van der Waals surface area contributed by atoms with Crippen LogP contribution in [0, 0.1) is 5.92 Å². The number of carbonyl (C=O) groups excluding carboxylic acids is 2. The maximum absolute atomic E-state index is 12.6. The van der Waals surface area contributed by atoms with Crippen LogP contribution < -0.4 is 11.0 Å². The molecule has 1 aromatic carbocycles. The van der Waals surface area contributed by atoms with Gasteiger partial charge in [-0.15, -0.1) is 0 Å². The number of amides is 2. The fraction of sp³-hybridized carbons (Fsp3) is 0.500. The first-order chi connectivity index (χ1) is 14.3. The van der Waals surface area contributed by atoms with Crippen LogP contribution >= 0.6 is 23.2 Å². The van der Waals surface area contributed by atoms with Crippen molar-refractivity contribution in [1.82, 2.24) is 19.2 Å². The summed E-state index contributed by atoms with van der Waals surface area (Å²) in [5.41, 5.74) is 0.0277. The van der Waals surface area contributed by atoms with E-state index in [0.717, 1.165) is 30.4 Å². The molecule has 0 spiro atoms. The molecule has 0 bridgehead atoms. The second-order valence-electron chi connectivity index (χ2n) is 7.88. The molecule has 4 rings (SSSR count). The van der Waals surface area contributed by atoms with E-state index in [9.17, 15) is 14.4 Å². The first-order valence-electron chi connectivity index (χ1n) is 10.0. The van der Waals surface area contributed by atoms with Gasteiger partial charge in [-0.2, -0.15) is 5.10 Å². The minimum atomic E-state index is -0.421. The predicted octanol–water partition coefficient (Wildman–Crippen LogP) is 2.64. The Hall–Kier alpha value is -2.32. The van der Waals surface area contributed by atoms with Gasteiger partial charge in [0.05, 0.1) is 15.7 Å². The Bertz CT molecular complexity index is 1040. The molecule has 1 aromatic heterocycles. The van der Waals surface area contributed by atoms with Gasteiger partial charge in [-0.25, -0.2) is 9.48 Å². The zero-order valence-corrected chi connectivity index (χ0v) is 18.1. The number of rotatable bonds is 5. The number of nitrogens with one attached hydrogen (secondary N) is 1. The summed E-state index contributed by atoms with van der Waals surface area (Å²) in [5, 5.41) is 7.65. The first kappa shape index (κ1) is 20.9. The lowest BCUT2D eigenvalue weighted by molar-refractivity contribution is -0.133. The van der Waals surface area contributed by atoms with Crippen molar-refractivity contribution in [2.24, 2.45) is 13.0 Å². The van der Waals surface area contributed by atoms with Gasteiger partial charge in [-0.05, 0) is 37.8 Å². The summed E-state index contributed by atoms with van der Waals surface area (Å²) in [5.74, 6) is 0.779. The third-order valence-corrected chi connectivity index (χ3v) is 6.51. The van der Waals surface area contributed by atoms with Crippen LogP contribution in [0.15, 0.2) is 23.0 Å². The van der Waals surface area contributed by atoms with E-state index in [1.54, 1.807) is 25.2 Å². The maximum Gasteiger partial charge on any atom is 0.346 e.